The van der Waals surface area contributed by atoms with E-state index in [1.54, 1.807) is 0 Å². The minimum absolute atomic E-state index is 0.188. The zero-order chi connectivity index (χ0) is 15.5. The van der Waals surface area contributed by atoms with E-state index in [1.807, 2.05) is 6.92 Å². The molecule has 4 nitrogen and oxygen atoms in total. The monoisotopic (exact) mass is 318 g/mol. The molecule has 0 unspecified atom stereocenters. The van der Waals surface area contributed by atoms with E-state index in [0.29, 0.717) is 19.0 Å². The molecule has 0 saturated carbocycles. The second-order valence-corrected chi connectivity index (χ2v) is 7.17. The standard InChI is InChI=1S/C14H20F2N2O2S/c1-2-17-10-11-5-7-18(8-6-11)21(19,20)12-3-4-13(15)14(16)9-12/h3-4,9,11,17H,2,5-8,10H2,1H3. The number of nitrogens with zero attached hydrogens (tertiary/aromatic N) is 1. The number of hydrogen-bond acceptors (Lipinski definition) is 3. The molecule has 0 aliphatic carbocycles. The minimum Gasteiger partial charge on any atom is -0.317 e. The van der Waals surface area contributed by atoms with Gasteiger partial charge in [0.05, 0.1) is 4.90 Å². The number of hydrogen-bond donors (Lipinski definition) is 1. The van der Waals surface area contributed by atoms with Crippen molar-refractivity contribution in [2.45, 2.75) is 24.7 Å². The van der Waals surface area contributed by atoms with E-state index in [1.165, 1.54) is 4.31 Å². The van der Waals surface area contributed by atoms with E-state index in [0.717, 1.165) is 44.1 Å². The van der Waals surface area contributed by atoms with Gasteiger partial charge < -0.3 is 5.32 Å². The summed E-state index contributed by atoms with van der Waals surface area (Å²) in [7, 11) is -3.74. The van der Waals surface area contributed by atoms with Crippen LogP contribution in [-0.2, 0) is 10.0 Å². The molecule has 1 aromatic rings. The summed E-state index contributed by atoms with van der Waals surface area (Å²) in [4.78, 5) is -0.188. The summed E-state index contributed by atoms with van der Waals surface area (Å²) >= 11 is 0. The van der Waals surface area contributed by atoms with Crippen molar-refractivity contribution in [3.63, 3.8) is 0 Å². The largest absolute Gasteiger partial charge is 0.317 e. The molecule has 0 bridgehead atoms. The molecule has 0 atom stereocenters. The maximum atomic E-state index is 13.2. The van der Waals surface area contributed by atoms with E-state index in [-0.39, 0.29) is 4.90 Å². The fourth-order valence-corrected chi connectivity index (χ4v) is 3.97. The molecule has 1 aromatic carbocycles. The SMILES string of the molecule is CCNCC1CCN(S(=O)(=O)c2ccc(F)c(F)c2)CC1. The summed E-state index contributed by atoms with van der Waals surface area (Å²) in [5, 5.41) is 3.26. The van der Waals surface area contributed by atoms with Gasteiger partial charge in [-0.05, 0) is 50.0 Å². The number of halogens is 2. The summed E-state index contributed by atoms with van der Waals surface area (Å²) < 4.78 is 52.3. The van der Waals surface area contributed by atoms with Crippen LogP contribution in [-0.4, -0.2) is 38.9 Å². The first-order valence-corrected chi connectivity index (χ1v) is 8.55. The van der Waals surface area contributed by atoms with Gasteiger partial charge in [-0.2, -0.15) is 4.31 Å². The fraction of sp³-hybridized carbons (Fsp3) is 0.571. The predicted octanol–water partition coefficient (Wildman–Crippen LogP) is 1.98. The third kappa shape index (κ3) is 3.78. The zero-order valence-corrected chi connectivity index (χ0v) is 12.8. The van der Waals surface area contributed by atoms with Gasteiger partial charge >= 0.3 is 0 Å². The van der Waals surface area contributed by atoms with E-state index >= 15 is 0 Å². The van der Waals surface area contributed by atoms with Crippen molar-refractivity contribution in [1.82, 2.24) is 9.62 Å². The third-order valence-electron chi connectivity index (χ3n) is 3.79. The number of benzene rings is 1. The van der Waals surface area contributed by atoms with Crippen LogP contribution < -0.4 is 5.32 Å². The Morgan fingerprint density at radius 1 is 1.24 bits per heavy atom. The van der Waals surface area contributed by atoms with E-state index in [2.05, 4.69) is 5.32 Å². The number of sulfonamides is 1. The molecule has 0 spiro atoms. The molecule has 0 aromatic heterocycles. The van der Waals surface area contributed by atoms with Gasteiger partial charge in [0.25, 0.3) is 0 Å². The van der Waals surface area contributed by atoms with Gasteiger partial charge in [0, 0.05) is 13.1 Å². The van der Waals surface area contributed by atoms with Crippen LogP contribution in [0.1, 0.15) is 19.8 Å². The van der Waals surface area contributed by atoms with Gasteiger partial charge in [0.15, 0.2) is 11.6 Å². The van der Waals surface area contributed by atoms with Gasteiger partial charge in [0.2, 0.25) is 10.0 Å². The van der Waals surface area contributed by atoms with E-state index in [4.69, 9.17) is 0 Å². The lowest BCUT2D eigenvalue weighted by Gasteiger charge is -2.31. The molecule has 1 aliphatic heterocycles. The Kier molecular flexibility index (Phi) is 5.29. The Morgan fingerprint density at radius 2 is 1.90 bits per heavy atom. The summed E-state index contributed by atoms with van der Waals surface area (Å²) in [6, 6.07) is 2.70. The molecular weight excluding hydrogens is 298 g/mol. The minimum atomic E-state index is -3.74. The molecule has 1 fully saturated rings. The fourth-order valence-electron chi connectivity index (χ4n) is 2.49. The van der Waals surface area contributed by atoms with Crippen molar-refractivity contribution < 1.29 is 17.2 Å². The first-order chi connectivity index (χ1) is 9.95. The lowest BCUT2D eigenvalue weighted by atomic mass is 9.98. The highest BCUT2D eigenvalue weighted by molar-refractivity contribution is 7.89. The predicted molar refractivity (Wildman–Crippen MR) is 76.4 cm³/mol. The van der Waals surface area contributed by atoms with Gasteiger partial charge in [-0.25, -0.2) is 17.2 Å². The van der Waals surface area contributed by atoms with Gasteiger partial charge in [-0.1, -0.05) is 6.92 Å². The van der Waals surface area contributed by atoms with Gasteiger partial charge in [-0.15, -0.1) is 0 Å². The molecule has 7 heteroatoms. The smallest absolute Gasteiger partial charge is 0.243 e. The molecule has 21 heavy (non-hydrogen) atoms. The van der Waals surface area contributed by atoms with Crippen LogP contribution >= 0.6 is 0 Å². The van der Waals surface area contributed by atoms with Crippen LogP contribution in [0.3, 0.4) is 0 Å². The Labute approximate surface area is 124 Å². The highest BCUT2D eigenvalue weighted by Gasteiger charge is 2.29. The quantitative estimate of drug-likeness (QED) is 0.903. The van der Waals surface area contributed by atoms with E-state index in [9.17, 15) is 17.2 Å². The Balaban J connectivity index is 2.06. The maximum Gasteiger partial charge on any atom is 0.243 e. The van der Waals surface area contributed by atoms with Crippen molar-refractivity contribution in [3.05, 3.63) is 29.8 Å². The summed E-state index contributed by atoms with van der Waals surface area (Å²) in [6.07, 6.45) is 1.55. The third-order valence-corrected chi connectivity index (χ3v) is 5.68. The molecule has 0 amide bonds. The lowest BCUT2D eigenvalue weighted by Crippen LogP contribution is -2.40. The molecule has 1 aliphatic rings. The average molecular weight is 318 g/mol. The van der Waals surface area contributed by atoms with Crippen LogP contribution in [0.5, 0.6) is 0 Å². The topological polar surface area (TPSA) is 49.4 Å². The lowest BCUT2D eigenvalue weighted by molar-refractivity contribution is 0.268. The number of piperidine rings is 1. The molecule has 2 rings (SSSR count). The van der Waals surface area contributed by atoms with Crippen LogP contribution in [0, 0.1) is 17.6 Å². The number of nitrogens with one attached hydrogen (secondary N) is 1. The summed E-state index contributed by atoms with van der Waals surface area (Å²) in [5.74, 6) is -1.72. The first-order valence-electron chi connectivity index (χ1n) is 7.11. The summed E-state index contributed by atoms with van der Waals surface area (Å²) in [5.41, 5.74) is 0. The molecule has 0 radical (unpaired) electrons. The van der Waals surface area contributed by atoms with Crippen LogP contribution in [0.15, 0.2) is 23.1 Å². The highest BCUT2D eigenvalue weighted by atomic mass is 32.2. The molecule has 1 N–H and O–H groups in total. The Morgan fingerprint density at radius 3 is 2.48 bits per heavy atom. The second kappa shape index (κ2) is 6.81. The van der Waals surface area contributed by atoms with Crippen molar-refractivity contribution in [1.29, 1.82) is 0 Å². The highest BCUT2D eigenvalue weighted by Crippen LogP contribution is 2.24. The summed E-state index contributed by atoms with van der Waals surface area (Å²) in [6.45, 7) is 4.64. The van der Waals surface area contributed by atoms with Gasteiger partial charge in [-0.3, -0.25) is 0 Å². The molecule has 1 saturated heterocycles. The second-order valence-electron chi connectivity index (χ2n) is 5.23. The van der Waals surface area contributed by atoms with Gasteiger partial charge in [0.1, 0.15) is 0 Å². The van der Waals surface area contributed by atoms with Crippen molar-refractivity contribution in [3.8, 4) is 0 Å². The van der Waals surface area contributed by atoms with Crippen LogP contribution in [0.25, 0.3) is 0 Å². The molecular formula is C14H20F2N2O2S. The zero-order valence-electron chi connectivity index (χ0n) is 12.0. The van der Waals surface area contributed by atoms with Crippen LogP contribution in [0.2, 0.25) is 0 Å². The Hall–Kier alpha value is -1.05. The molecule has 1 heterocycles. The van der Waals surface area contributed by atoms with E-state index < -0.39 is 21.7 Å². The van der Waals surface area contributed by atoms with Crippen molar-refractivity contribution in [2.75, 3.05) is 26.2 Å². The van der Waals surface area contributed by atoms with Crippen molar-refractivity contribution >= 4 is 10.0 Å². The molecule has 118 valence electrons. The number of rotatable bonds is 5. The normalized spacial score (nSPS) is 18.0. The Bertz CT molecular complexity index is 585. The maximum absolute atomic E-state index is 13.2. The van der Waals surface area contributed by atoms with Crippen LogP contribution in [0.4, 0.5) is 8.78 Å². The first kappa shape index (κ1) is 16.3. The van der Waals surface area contributed by atoms with Crippen molar-refractivity contribution in [2.24, 2.45) is 5.92 Å². The average Bonchev–Trinajstić information content (AvgIpc) is 2.48.